The molecule has 3 aromatic rings. The standard InChI is InChI=1S/C26H32N6O3/c1-17-13-19(22-20-8-11-31(5)23(20)30-21(14-27)29-22)15-28-24(17)34-12-9-18-7-6-10-32(16-18)25(33)35-26(2,3)4/h8,11,13,15,18H,6-7,9-10,12,16H2,1-5H3. The lowest BCUT2D eigenvalue weighted by molar-refractivity contribution is 0.0154. The molecule has 4 rings (SSSR count). The summed E-state index contributed by atoms with van der Waals surface area (Å²) in [5.74, 6) is 1.07. The van der Waals surface area contributed by atoms with Crippen molar-refractivity contribution in [2.75, 3.05) is 19.7 Å². The zero-order valence-electron chi connectivity index (χ0n) is 21.0. The Labute approximate surface area is 205 Å². The van der Waals surface area contributed by atoms with Gasteiger partial charge in [0.05, 0.1) is 12.3 Å². The summed E-state index contributed by atoms with van der Waals surface area (Å²) < 4.78 is 13.4. The van der Waals surface area contributed by atoms with Crippen molar-refractivity contribution in [1.29, 1.82) is 5.26 Å². The fourth-order valence-corrected chi connectivity index (χ4v) is 4.37. The first kappa shape index (κ1) is 24.5. The van der Waals surface area contributed by atoms with Crippen LogP contribution in [0.5, 0.6) is 5.88 Å². The number of rotatable bonds is 5. The summed E-state index contributed by atoms with van der Waals surface area (Å²) in [5, 5.41) is 10.2. The first-order valence-corrected chi connectivity index (χ1v) is 12.0. The lowest BCUT2D eigenvalue weighted by Gasteiger charge is -2.34. The summed E-state index contributed by atoms with van der Waals surface area (Å²) in [4.78, 5) is 27.5. The maximum atomic E-state index is 12.4. The van der Waals surface area contributed by atoms with Crippen molar-refractivity contribution in [3.8, 4) is 23.2 Å². The van der Waals surface area contributed by atoms with Crippen LogP contribution >= 0.6 is 0 Å². The van der Waals surface area contributed by atoms with E-state index in [4.69, 9.17) is 9.47 Å². The molecule has 3 aromatic heterocycles. The van der Waals surface area contributed by atoms with Gasteiger partial charge in [-0.25, -0.2) is 19.7 Å². The highest BCUT2D eigenvalue weighted by molar-refractivity contribution is 5.91. The molecule has 1 saturated heterocycles. The molecule has 0 radical (unpaired) electrons. The van der Waals surface area contributed by atoms with E-state index < -0.39 is 5.60 Å². The second-order valence-corrected chi connectivity index (χ2v) is 10.1. The maximum absolute atomic E-state index is 12.4. The number of amides is 1. The summed E-state index contributed by atoms with van der Waals surface area (Å²) in [6.07, 6.45) is 6.25. The molecule has 35 heavy (non-hydrogen) atoms. The van der Waals surface area contributed by atoms with Gasteiger partial charge in [-0.3, -0.25) is 0 Å². The number of carbonyl (C=O) groups excluding carboxylic acids is 1. The number of ether oxygens (including phenoxy) is 2. The minimum absolute atomic E-state index is 0.125. The Morgan fingerprint density at radius 2 is 2.11 bits per heavy atom. The number of pyridine rings is 1. The van der Waals surface area contributed by atoms with Gasteiger partial charge in [0.2, 0.25) is 11.7 Å². The minimum Gasteiger partial charge on any atom is -0.477 e. The molecule has 0 bridgehead atoms. The molecule has 0 saturated carbocycles. The Morgan fingerprint density at radius 1 is 1.31 bits per heavy atom. The Bertz CT molecular complexity index is 1270. The smallest absolute Gasteiger partial charge is 0.410 e. The van der Waals surface area contributed by atoms with Gasteiger partial charge in [-0.15, -0.1) is 0 Å². The fourth-order valence-electron chi connectivity index (χ4n) is 4.37. The third-order valence-corrected chi connectivity index (χ3v) is 6.06. The number of hydrogen-bond donors (Lipinski definition) is 0. The quantitative estimate of drug-likeness (QED) is 0.529. The van der Waals surface area contributed by atoms with E-state index in [1.165, 1.54) is 0 Å². The topological polar surface area (TPSA) is 106 Å². The van der Waals surface area contributed by atoms with Crippen LogP contribution < -0.4 is 4.74 Å². The molecular weight excluding hydrogens is 444 g/mol. The third-order valence-electron chi connectivity index (χ3n) is 6.06. The van der Waals surface area contributed by atoms with Crippen molar-refractivity contribution in [2.24, 2.45) is 13.0 Å². The fraction of sp³-hybridized carbons (Fsp3) is 0.500. The number of nitrogens with zero attached hydrogens (tertiary/aromatic N) is 6. The molecule has 0 N–H and O–H groups in total. The highest BCUT2D eigenvalue weighted by atomic mass is 16.6. The molecule has 1 unspecified atom stereocenters. The predicted octanol–water partition coefficient (Wildman–Crippen LogP) is 4.63. The summed E-state index contributed by atoms with van der Waals surface area (Å²) in [7, 11) is 1.89. The Balaban J connectivity index is 1.40. The van der Waals surface area contributed by atoms with Crippen LogP contribution in [0.25, 0.3) is 22.3 Å². The van der Waals surface area contributed by atoms with Crippen LogP contribution in [0, 0.1) is 24.2 Å². The van der Waals surface area contributed by atoms with Crippen LogP contribution in [0.2, 0.25) is 0 Å². The monoisotopic (exact) mass is 476 g/mol. The molecule has 0 spiro atoms. The summed E-state index contributed by atoms with van der Waals surface area (Å²) >= 11 is 0. The minimum atomic E-state index is -0.489. The molecule has 0 aromatic carbocycles. The lowest BCUT2D eigenvalue weighted by atomic mass is 9.95. The molecule has 184 valence electrons. The van der Waals surface area contributed by atoms with Gasteiger partial charge in [-0.1, -0.05) is 0 Å². The van der Waals surface area contributed by atoms with Gasteiger partial charge in [0.1, 0.15) is 17.3 Å². The van der Waals surface area contributed by atoms with Crippen LogP contribution in [0.1, 0.15) is 51.4 Å². The van der Waals surface area contributed by atoms with Crippen LogP contribution in [0.4, 0.5) is 4.79 Å². The predicted molar refractivity (Wildman–Crippen MR) is 132 cm³/mol. The molecule has 9 nitrogen and oxygen atoms in total. The van der Waals surface area contributed by atoms with Crippen molar-refractivity contribution in [2.45, 2.75) is 52.6 Å². The zero-order valence-corrected chi connectivity index (χ0v) is 21.0. The van der Waals surface area contributed by atoms with Gasteiger partial charge < -0.3 is 18.9 Å². The van der Waals surface area contributed by atoms with Crippen LogP contribution in [-0.2, 0) is 11.8 Å². The van der Waals surface area contributed by atoms with E-state index in [2.05, 4.69) is 15.0 Å². The maximum Gasteiger partial charge on any atom is 0.410 e. The normalized spacial score (nSPS) is 16.2. The number of hydrogen-bond acceptors (Lipinski definition) is 7. The zero-order chi connectivity index (χ0) is 25.2. The number of likely N-dealkylation sites (tertiary alicyclic amines) is 1. The van der Waals surface area contributed by atoms with E-state index >= 15 is 0 Å². The Hall–Kier alpha value is -3.67. The number of aryl methyl sites for hydroxylation is 2. The third kappa shape index (κ3) is 5.70. The van der Waals surface area contributed by atoms with E-state index in [1.807, 2.05) is 63.7 Å². The second-order valence-electron chi connectivity index (χ2n) is 10.1. The second kappa shape index (κ2) is 9.90. The van der Waals surface area contributed by atoms with E-state index in [-0.39, 0.29) is 11.9 Å². The number of carbonyl (C=O) groups is 1. The van der Waals surface area contributed by atoms with Gasteiger partial charge in [0, 0.05) is 49.0 Å². The number of aromatic nitrogens is 4. The van der Waals surface area contributed by atoms with Crippen LogP contribution in [0.3, 0.4) is 0 Å². The summed E-state index contributed by atoms with van der Waals surface area (Å²) in [6, 6.07) is 5.96. The number of fused-ring (bicyclic) bond motifs is 1. The van der Waals surface area contributed by atoms with E-state index in [9.17, 15) is 10.1 Å². The molecule has 1 amide bonds. The molecule has 0 aliphatic carbocycles. The van der Waals surface area contributed by atoms with Crippen LogP contribution in [-0.4, -0.2) is 55.8 Å². The Morgan fingerprint density at radius 3 is 2.83 bits per heavy atom. The molecule has 1 atom stereocenters. The van der Waals surface area contributed by atoms with Crippen molar-refractivity contribution < 1.29 is 14.3 Å². The average Bonchev–Trinajstić information content (AvgIpc) is 3.19. The Kier molecular flexibility index (Phi) is 6.92. The van der Waals surface area contributed by atoms with Crippen molar-refractivity contribution in [3.05, 3.63) is 35.9 Å². The van der Waals surface area contributed by atoms with Gasteiger partial charge in [0.15, 0.2) is 0 Å². The SMILES string of the molecule is Cc1cc(-c2nc(C#N)nc3c2ccn3C)cnc1OCCC1CCCN(C(=O)OC(C)(C)C)C1. The van der Waals surface area contributed by atoms with Crippen molar-refractivity contribution in [1.82, 2.24) is 24.4 Å². The van der Waals surface area contributed by atoms with Crippen molar-refractivity contribution >= 4 is 17.1 Å². The molecule has 9 heteroatoms. The number of nitriles is 1. The first-order chi connectivity index (χ1) is 16.6. The number of piperidine rings is 1. The molecular formula is C26H32N6O3. The van der Waals surface area contributed by atoms with Gasteiger partial charge >= 0.3 is 6.09 Å². The van der Waals surface area contributed by atoms with Gasteiger partial charge in [0.25, 0.3) is 0 Å². The van der Waals surface area contributed by atoms with Gasteiger partial charge in [-0.05, 0) is 65.0 Å². The summed E-state index contributed by atoms with van der Waals surface area (Å²) in [5.41, 5.74) is 2.60. The molecule has 4 heterocycles. The average molecular weight is 477 g/mol. The highest BCUT2D eigenvalue weighted by Crippen LogP contribution is 2.29. The lowest BCUT2D eigenvalue weighted by Crippen LogP contribution is -2.43. The van der Waals surface area contributed by atoms with Crippen molar-refractivity contribution in [3.63, 3.8) is 0 Å². The van der Waals surface area contributed by atoms with E-state index in [0.29, 0.717) is 36.3 Å². The summed E-state index contributed by atoms with van der Waals surface area (Å²) in [6.45, 7) is 9.55. The van der Waals surface area contributed by atoms with Gasteiger partial charge in [-0.2, -0.15) is 5.26 Å². The largest absolute Gasteiger partial charge is 0.477 e. The van der Waals surface area contributed by atoms with E-state index in [1.54, 1.807) is 11.1 Å². The first-order valence-electron chi connectivity index (χ1n) is 12.0. The molecule has 1 aliphatic rings. The molecule has 1 aliphatic heterocycles. The van der Waals surface area contributed by atoms with Crippen LogP contribution in [0.15, 0.2) is 24.5 Å². The molecule has 1 fully saturated rings. The highest BCUT2D eigenvalue weighted by Gasteiger charge is 2.27. The van der Waals surface area contributed by atoms with E-state index in [0.717, 1.165) is 42.3 Å².